The molecule has 0 spiro atoms. The fourth-order valence-electron chi connectivity index (χ4n) is 4.50. The Morgan fingerprint density at radius 3 is 2.39 bits per heavy atom. The molecule has 0 aromatic heterocycles. The molecule has 0 aliphatic carbocycles. The van der Waals surface area contributed by atoms with Crippen LogP contribution in [0, 0.1) is 11.7 Å². The average Bonchev–Trinajstić information content (AvgIpc) is 2.89. The largest absolute Gasteiger partial charge is 0.495 e. The van der Waals surface area contributed by atoms with E-state index in [1.54, 1.807) is 24.3 Å². The van der Waals surface area contributed by atoms with Crippen LogP contribution in [0.4, 0.5) is 10.1 Å². The van der Waals surface area contributed by atoms with Crippen molar-refractivity contribution < 1.29 is 27.1 Å². The number of piperazine rings is 1. The first kappa shape index (κ1) is 26.1. The number of hydrogen-bond donors (Lipinski definition) is 1. The first-order valence-corrected chi connectivity index (χ1v) is 13.4. The maximum Gasteiger partial charge on any atom is 0.253 e. The Bertz CT molecular complexity index is 1210. The first-order chi connectivity index (χ1) is 17.2. The quantitative estimate of drug-likeness (QED) is 0.630. The highest BCUT2D eigenvalue weighted by Crippen LogP contribution is 2.30. The summed E-state index contributed by atoms with van der Waals surface area (Å²) in [5, 5.41) is 2.83. The SMILES string of the molecule is COc1ccc(F)cc1S(=O)(=O)N1CCC[C@@H](C(=O)Nc2ccc(C(=O)N3CCN(C)CC3)cc2)C1. The second kappa shape index (κ2) is 10.9. The van der Waals surface area contributed by atoms with Crippen LogP contribution in [0.15, 0.2) is 47.4 Å². The molecule has 2 aliphatic heterocycles. The molecule has 2 fully saturated rings. The number of hydrogen-bond acceptors (Lipinski definition) is 6. The molecule has 2 aliphatic rings. The third-order valence-electron chi connectivity index (χ3n) is 6.69. The van der Waals surface area contributed by atoms with E-state index in [9.17, 15) is 22.4 Å². The molecule has 11 heteroatoms. The molecule has 9 nitrogen and oxygen atoms in total. The van der Waals surface area contributed by atoms with Crippen LogP contribution in [0.1, 0.15) is 23.2 Å². The number of rotatable bonds is 6. The zero-order valence-electron chi connectivity index (χ0n) is 20.4. The summed E-state index contributed by atoms with van der Waals surface area (Å²) >= 11 is 0. The van der Waals surface area contributed by atoms with Gasteiger partial charge in [-0.1, -0.05) is 0 Å². The number of sulfonamides is 1. The predicted octanol–water partition coefficient (Wildman–Crippen LogP) is 2.26. The van der Waals surface area contributed by atoms with Gasteiger partial charge in [-0.15, -0.1) is 0 Å². The van der Waals surface area contributed by atoms with Crippen molar-refractivity contribution in [3.05, 3.63) is 53.8 Å². The van der Waals surface area contributed by atoms with Crippen LogP contribution in [0.25, 0.3) is 0 Å². The number of nitrogens with one attached hydrogen (secondary N) is 1. The van der Waals surface area contributed by atoms with Crippen molar-refractivity contribution >= 4 is 27.5 Å². The third kappa shape index (κ3) is 5.69. The molecule has 0 radical (unpaired) electrons. The van der Waals surface area contributed by atoms with Gasteiger partial charge in [-0.3, -0.25) is 9.59 Å². The number of piperidine rings is 1. The Labute approximate surface area is 210 Å². The summed E-state index contributed by atoms with van der Waals surface area (Å²) < 4.78 is 46.5. The molecule has 0 bridgehead atoms. The highest BCUT2D eigenvalue weighted by molar-refractivity contribution is 7.89. The summed E-state index contributed by atoms with van der Waals surface area (Å²) in [6, 6.07) is 10.1. The van der Waals surface area contributed by atoms with Crippen LogP contribution < -0.4 is 10.1 Å². The number of benzene rings is 2. The molecular formula is C25H31FN4O5S. The van der Waals surface area contributed by atoms with Gasteiger partial charge >= 0.3 is 0 Å². The minimum atomic E-state index is -4.05. The standard InChI is InChI=1S/C25H31FN4O5S/c1-28-12-14-29(15-13-28)25(32)18-5-8-21(9-6-18)27-24(31)19-4-3-11-30(17-19)36(33,34)23-16-20(26)7-10-22(23)35-2/h5-10,16,19H,3-4,11-15,17H2,1-2H3,(H,27,31)/t19-/m1/s1. The second-order valence-electron chi connectivity index (χ2n) is 9.16. The van der Waals surface area contributed by atoms with Crippen LogP contribution in [0.3, 0.4) is 0 Å². The summed E-state index contributed by atoms with van der Waals surface area (Å²) in [6.45, 7) is 3.23. The van der Waals surface area contributed by atoms with Gasteiger partial charge in [0, 0.05) is 50.5 Å². The van der Waals surface area contributed by atoms with E-state index in [0.717, 1.165) is 25.2 Å². The number of anilines is 1. The lowest BCUT2D eigenvalue weighted by atomic mass is 9.98. The first-order valence-electron chi connectivity index (χ1n) is 11.9. The minimum absolute atomic E-state index is 0.0200. The molecule has 4 rings (SSSR count). The molecule has 2 saturated heterocycles. The number of halogens is 1. The number of carbonyl (C=O) groups excluding carboxylic acids is 2. The Kier molecular flexibility index (Phi) is 7.91. The lowest BCUT2D eigenvalue weighted by Gasteiger charge is -2.32. The molecule has 0 saturated carbocycles. The van der Waals surface area contributed by atoms with Gasteiger partial charge in [-0.2, -0.15) is 4.31 Å². The molecule has 2 aromatic rings. The van der Waals surface area contributed by atoms with E-state index >= 15 is 0 Å². The Balaban J connectivity index is 1.40. The molecule has 0 unspecified atom stereocenters. The van der Waals surface area contributed by atoms with Gasteiger partial charge in [0.15, 0.2) is 0 Å². The summed E-state index contributed by atoms with van der Waals surface area (Å²) in [7, 11) is -0.704. The monoisotopic (exact) mass is 518 g/mol. The van der Waals surface area contributed by atoms with Gasteiger partial charge < -0.3 is 19.9 Å². The maximum atomic E-state index is 13.8. The zero-order chi connectivity index (χ0) is 25.9. The number of carbonyl (C=O) groups is 2. The third-order valence-corrected chi connectivity index (χ3v) is 8.57. The van der Waals surface area contributed by atoms with Crippen LogP contribution in [0.2, 0.25) is 0 Å². The van der Waals surface area contributed by atoms with Gasteiger partial charge in [-0.25, -0.2) is 12.8 Å². The smallest absolute Gasteiger partial charge is 0.253 e. The van der Waals surface area contributed by atoms with Gasteiger partial charge in [0.25, 0.3) is 5.91 Å². The van der Waals surface area contributed by atoms with Crippen molar-refractivity contribution in [2.24, 2.45) is 5.92 Å². The number of ether oxygens (including phenoxy) is 1. The van der Waals surface area contributed by atoms with Crippen LogP contribution in [-0.4, -0.2) is 87.8 Å². The van der Waals surface area contributed by atoms with Crippen molar-refractivity contribution in [2.45, 2.75) is 17.7 Å². The normalized spacial score (nSPS) is 19.6. The van der Waals surface area contributed by atoms with E-state index in [2.05, 4.69) is 10.2 Å². The van der Waals surface area contributed by atoms with Crippen LogP contribution in [-0.2, 0) is 14.8 Å². The Hall–Kier alpha value is -3.02. The summed E-state index contributed by atoms with van der Waals surface area (Å²) in [6.07, 6.45) is 1.02. The molecule has 2 heterocycles. The Morgan fingerprint density at radius 2 is 1.72 bits per heavy atom. The van der Waals surface area contributed by atoms with E-state index in [-0.39, 0.29) is 35.5 Å². The fraction of sp³-hybridized carbons (Fsp3) is 0.440. The average molecular weight is 519 g/mol. The summed E-state index contributed by atoms with van der Waals surface area (Å²) in [4.78, 5) is 29.4. The van der Waals surface area contributed by atoms with Gasteiger partial charge in [-0.05, 0) is 62.4 Å². The number of amides is 2. The van der Waals surface area contributed by atoms with E-state index in [0.29, 0.717) is 37.2 Å². The highest BCUT2D eigenvalue weighted by Gasteiger charge is 2.35. The minimum Gasteiger partial charge on any atom is -0.495 e. The fourth-order valence-corrected chi connectivity index (χ4v) is 6.19. The maximum absolute atomic E-state index is 13.8. The van der Waals surface area contributed by atoms with E-state index < -0.39 is 21.8 Å². The van der Waals surface area contributed by atoms with Crippen molar-refractivity contribution in [1.29, 1.82) is 0 Å². The van der Waals surface area contributed by atoms with E-state index in [4.69, 9.17) is 4.74 Å². The van der Waals surface area contributed by atoms with E-state index in [1.807, 2.05) is 11.9 Å². The lowest BCUT2D eigenvalue weighted by Crippen LogP contribution is -2.47. The molecular weight excluding hydrogens is 487 g/mol. The highest BCUT2D eigenvalue weighted by atomic mass is 32.2. The summed E-state index contributed by atoms with van der Waals surface area (Å²) in [5.41, 5.74) is 1.08. The number of nitrogens with zero attached hydrogens (tertiary/aromatic N) is 3. The molecule has 2 amide bonds. The van der Waals surface area contributed by atoms with Crippen LogP contribution in [0.5, 0.6) is 5.75 Å². The van der Waals surface area contributed by atoms with Crippen LogP contribution >= 0.6 is 0 Å². The topological polar surface area (TPSA) is 99.3 Å². The molecule has 194 valence electrons. The lowest BCUT2D eigenvalue weighted by molar-refractivity contribution is -0.120. The van der Waals surface area contributed by atoms with Crippen molar-refractivity contribution in [2.75, 3.05) is 58.7 Å². The van der Waals surface area contributed by atoms with E-state index in [1.165, 1.54) is 17.5 Å². The Morgan fingerprint density at radius 1 is 1.03 bits per heavy atom. The molecule has 36 heavy (non-hydrogen) atoms. The predicted molar refractivity (Wildman–Crippen MR) is 133 cm³/mol. The number of likely N-dealkylation sites (N-methyl/N-ethyl adjacent to an activating group) is 1. The molecule has 1 N–H and O–H groups in total. The summed E-state index contributed by atoms with van der Waals surface area (Å²) in [5.74, 6) is -1.55. The van der Waals surface area contributed by atoms with Crippen molar-refractivity contribution in [1.82, 2.24) is 14.1 Å². The van der Waals surface area contributed by atoms with Crippen molar-refractivity contribution in [3.8, 4) is 5.75 Å². The second-order valence-corrected chi connectivity index (χ2v) is 11.1. The van der Waals surface area contributed by atoms with Gasteiger partial charge in [0.2, 0.25) is 15.9 Å². The zero-order valence-corrected chi connectivity index (χ0v) is 21.3. The molecule has 2 aromatic carbocycles. The van der Waals surface area contributed by atoms with Crippen molar-refractivity contribution in [3.63, 3.8) is 0 Å². The molecule has 1 atom stereocenters. The van der Waals surface area contributed by atoms with Gasteiger partial charge in [0.1, 0.15) is 16.5 Å². The van der Waals surface area contributed by atoms with Gasteiger partial charge in [0.05, 0.1) is 13.0 Å². The number of methoxy groups -OCH3 is 1.